The van der Waals surface area contributed by atoms with Gasteiger partial charge in [0.1, 0.15) is 0 Å². The van der Waals surface area contributed by atoms with Crippen molar-refractivity contribution in [2.45, 2.75) is 47.5 Å². The molecule has 0 radical (unpaired) electrons. The molecule has 0 nitrogen and oxygen atoms in total. The van der Waals surface area contributed by atoms with Crippen molar-refractivity contribution in [1.82, 2.24) is 0 Å². The average Bonchev–Trinajstić information content (AvgIpc) is 3.06. The first-order valence-electron chi connectivity index (χ1n) is 9.39. The van der Waals surface area contributed by atoms with E-state index in [1.54, 1.807) is 0 Å². The van der Waals surface area contributed by atoms with Crippen LogP contribution in [0, 0.1) is 17.6 Å². The smallest absolute Gasteiger partial charge is 0 e. The summed E-state index contributed by atoms with van der Waals surface area (Å²) in [5.41, 5.74) is 9.62. The van der Waals surface area contributed by atoms with E-state index in [1.807, 2.05) is 0 Å². The molecule has 138 valence electrons. The molecule has 2 aliphatic carbocycles. The minimum Gasteiger partial charge on any atom is -0.263 e. The minimum atomic E-state index is 0. The van der Waals surface area contributed by atoms with Gasteiger partial charge in [-0.15, -0.1) is 47.9 Å². The molecule has 2 aromatic carbocycles. The number of rotatable bonds is 1. The van der Waals surface area contributed by atoms with E-state index in [0.717, 1.165) is 0 Å². The van der Waals surface area contributed by atoms with Gasteiger partial charge in [-0.2, -0.15) is 11.1 Å². The SMILES string of the molecule is CC1=[C-]C(C)(C)C(C)=C1C.CC1C(c2ccccc2)=[C-]c2ccccc21.[Hf]. The molecule has 0 saturated carbocycles. The summed E-state index contributed by atoms with van der Waals surface area (Å²) in [5.74, 6) is 0.457. The Kier molecular flexibility index (Phi) is 7.03. The largest absolute Gasteiger partial charge is 0.263 e. The molecule has 0 aromatic heterocycles. The first kappa shape index (κ1) is 21.8. The van der Waals surface area contributed by atoms with E-state index < -0.39 is 0 Å². The van der Waals surface area contributed by atoms with Crippen molar-refractivity contribution < 1.29 is 25.8 Å². The van der Waals surface area contributed by atoms with Gasteiger partial charge in [0.05, 0.1) is 0 Å². The molecular weight excluding hydrogens is 491 g/mol. The van der Waals surface area contributed by atoms with E-state index in [1.165, 1.54) is 39.0 Å². The zero-order chi connectivity index (χ0) is 18.9. The van der Waals surface area contributed by atoms with Crippen LogP contribution in [0.15, 0.2) is 71.3 Å². The van der Waals surface area contributed by atoms with Gasteiger partial charge in [0.2, 0.25) is 0 Å². The second-order valence-corrected chi connectivity index (χ2v) is 7.84. The Bertz CT molecular complexity index is 895. The summed E-state index contributed by atoms with van der Waals surface area (Å²) >= 11 is 0. The van der Waals surface area contributed by atoms with Crippen molar-refractivity contribution in [1.29, 1.82) is 0 Å². The molecule has 1 unspecified atom stereocenters. The number of allylic oxidation sites excluding steroid dienone is 5. The predicted octanol–water partition coefficient (Wildman–Crippen LogP) is 7.15. The molecule has 4 rings (SSSR count). The molecule has 2 aliphatic rings. The zero-order valence-corrected chi connectivity index (χ0v) is 20.9. The van der Waals surface area contributed by atoms with Gasteiger partial charge in [0, 0.05) is 25.8 Å². The first-order chi connectivity index (χ1) is 12.3. The maximum atomic E-state index is 3.52. The fourth-order valence-corrected chi connectivity index (χ4v) is 3.74. The van der Waals surface area contributed by atoms with Crippen molar-refractivity contribution in [3.8, 4) is 0 Å². The van der Waals surface area contributed by atoms with Crippen LogP contribution in [0.4, 0.5) is 0 Å². The van der Waals surface area contributed by atoms with Crippen LogP contribution in [-0.4, -0.2) is 0 Å². The van der Waals surface area contributed by atoms with Crippen molar-refractivity contribution in [3.05, 3.63) is 100 Å². The third-order valence-electron chi connectivity index (χ3n) is 5.78. The topological polar surface area (TPSA) is 0 Å². The monoisotopic (exact) mass is 520 g/mol. The van der Waals surface area contributed by atoms with Crippen molar-refractivity contribution in [2.75, 3.05) is 0 Å². The number of hydrogen-bond donors (Lipinski definition) is 0. The summed E-state index contributed by atoms with van der Waals surface area (Å²) in [4.78, 5) is 0. The van der Waals surface area contributed by atoms with E-state index in [4.69, 9.17) is 0 Å². The van der Waals surface area contributed by atoms with E-state index in [9.17, 15) is 0 Å². The van der Waals surface area contributed by atoms with Gasteiger partial charge in [0.25, 0.3) is 0 Å². The molecule has 0 aliphatic heterocycles. The van der Waals surface area contributed by atoms with Crippen LogP contribution in [-0.2, 0) is 25.8 Å². The third kappa shape index (κ3) is 4.51. The second-order valence-electron chi connectivity index (χ2n) is 7.84. The maximum Gasteiger partial charge on any atom is 0 e. The molecule has 0 amide bonds. The zero-order valence-electron chi connectivity index (χ0n) is 17.3. The van der Waals surface area contributed by atoms with Crippen LogP contribution in [0.25, 0.3) is 5.57 Å². The molecule has 1 heteroatoms. The van der Waals surface area contributed by atoms with Gasteiger partial charge >= 0.3 is 0 Å². The summed E-state index contributed by atoms with van der Waals surface area (Å²) < 4.78 is 0. The molecule has 0 N–H and O–H groups in total. The molecule has 0 spiro atoms. The maximum absolute atomic E-state index is 3.52. The van der Waals surface area contributed by atoms with Gasteiger partial charge in [-0.25, -0.2) is 5.57 Å². The van der Waals surface area contributed by atoms with E-state index >= 15 is 0 Å². The van der Waals surface area contributed by atoms with Gasteiger partial charge < -0.3 is 0 Å². The molecule has 0 saturated heterocycles. The molecule has 0 heterocycles. The number of benzene rings is 2. The Morgan fingerprint density at radius 3 is 1.93 bits per heavy atom. The molecule has 0 bridgehead atoms. The van der Waals surface area contributed by atoms with Gasteiger partial charge in [0.15, 0.2) is 0 Å². The summed E-state index contributed by atoms with van der Waals surface area (Å²) in [5, 5.41) is 0. The summed E-state index contributed by atoms with van der Waals surface area (Å²) in [6.45, 7) is 13.2. The van der Waals surface area contributed by atoms with E-state index in [2.05, 4.69) is 108 Å². The van der Waals surface area contributed by atoms with Crippen LogP contribution in [0.2, 0.25) is 0 Å². The van der Waals surface area contributed by atoms with Crippen molar-refractivity contribution in [2.24, 2.45) is 5.41 Å². The second kappa shape index (κ2) is 8.69. The van der Waals surface area contributed by atoms with Crippen LogP contribution in [0.1, 0.15) is 64.2 Å². The van der Waals surface area contributed by atoms with E-state index in [0.29, 0.717) is 5.92 Å². The van der Waals surface area contributed by atoms with Crippen molar-refractivity contribution in [3.63, 3.8) is 0 Å². The third-order valence-corrected chi connectivity index (χ3v) is 5.78. The Labute approximate surface area is 183 Å². The van der Waals surface area contributed by atoms with E-state index in [-0.39, 0.29) is 31.3 Å². The molecule has 1 atom stereocenters. The molecular formula is C26H28Hf-2. The van der Waals surface area contributed by atoms with Crippen LogP contribution >= 0.6 is 0 Å². The van der Waals surface area contributed by atoms with Crippen LogP contribution in [0.3, 0.4) is 0 Å². The van der Waals surface area contributed by atoms with Gasteiger partial charge in [-0.1, -0.05) is 82.0 Å². The standard InChI is InChI=1S/C16H13.C10H15.Hf/c1-12-15-10-6-5-9-14(15)11-16(12)13-7-3-2-4-8-13;1-7-6-10(4,5)9(3)8(7)2;/h2-10,12H,1H3;1-5H3;/q2*-1;. The predicted molar refractivity (Wildman–Crippen MR) is 112 cm³/mol. The summed E-state index contributed by atoms with van der Waals surface area (Å²) in [6, 6.07) is 19.0. The quantitative estimate of drug-likeness (QED) is 0.278. The summed E-state index contributed by atoms with van der Waals surface area (Å²) in [6.07, 6.45) is 6.95. The minimum absolute atomic E-state index is 0. The molecule has 0 fully saturated rings. The van der Waals surface area contributed by atoms with Crippen molar-refractivity contribution >= 4 is 5.57 Å². The molecule has 27 heavy (non-hydrogen) atoms. The number of hydrogen-bond acceptors (Lipinski definition) is 0. The Hall–Kier alpha value is -1.47. The first-order valence-corrected chi connectivity index (χ1v) is 9.39. The Balaban J connectivity index is 0.000000208. The van der Waals surface area contributed by atoms with Gasteiger partial charge in [-0.05, 0) is 5.92 Å². The Morgan fingerprint density at radius 1 is 0.852 bits per heavy atom. The average molecular weight is 519 g/mol. The normalized spacial score (nSPS) is 19.4. The molecule has 2 aromatic rings. The fraction of sp³-hybridized carbons (Fsp3) is 0.308. The van der Waals surface area contributed by atoms with Crippen LogP contribution < -0.4 is 0 Å². The Morgan fingerprint density at radius 2 is 1.44 bits per heavy atom. The fourth-order valence-electron chi connectivity index (χ4n) is 3.74. The summed E-state index contributed by atoms with van der Waals surface area (Å²) in [7, 11) is 0. The van der Waals surface area contributed by atoms with Crippen LogP contribution in [0.5, 0.6) is 0 Å². The van der Waals surface area contributed by atoms with Gasteiger partial charge in [-0.3, -0.25) is 6.08 Å². The number of fused-ring (bicyclic) bond motifs is 1.